The lowest BCUT2D eigenvalue weighted by molar-refractivity contribution is -0.153. The first-order valence-electron chi connectivity index (χ1n) is 13.1. The number of carboxylic acid groups (broad SMARTS) is 1. The molecule has 226 valence electrons. The highest BCUT2D eigenvalue weighted by Gasteiger charge is 2.40. The lowest BCUT2D eigenvalue weighted by atomic mass is 9.72. The van der Waals surface area contributed by atoms with Gasteiger partial charge in [-0.1, -0.05) is 12.1 Å². The van der Waals surface area contributed by atoms with Gasteiger partial charge in [0.25, 0.3) is 5.91 Å². The van der Waals surface area contributed by atoms with E-state index in [1.165, 1.54) is 23.1 Å². The van der Waals surface area contributed by atoms with Crippen molar-refractivity contribution in [2.45, 2.75) is 25.3 Å². The molecule has 1 fully saturated rings. The molecule has 17 heteroatoms. The minimum Gasteiger partial charge on any atom is -0.534 e. The van der Waals surface area contributed by atoms with E-state index in [0.29, 0.717) is 10.5 Å². The molecule has 2 heterocycles. The predicted octanol–water partition coefficient (Wildman–Crippen LogP) is -1.57. The number of nitrogens with one attached hydrogen (secondary N) is 3. The van der Waals surface area contributed by atoms with Crippen molar-refractivity contribution in [1.82, 2.24) is 25.8 Å². The fraction of sp³-hybridized carbons (Fsp3) is 0.308. The smallest absolute Gasteiger partial charge is 0.534 e. The lowest BCUT2D eigenvalue weighted by Crippen LogP contribution is -2.63. The van der Waals surface area contributed by atoms with Gasteiger partial charge in [-0.2, -0.15) is 0 Å². The number of benzene rings is 2. The SMILES string of the molecule is CCN1CCN(C(=O)N[C@H](CNC(=O)c2ccc(O)c(O)c2)C(=O)N[C@H]2Cc3cccc(C(=O)O)c3OB2O)C(=O)C1=O. The summed E-state index contributed by atoms with van der Waals surface area (Å²) in [5, 5.41) is 46.4. The number of rotatable bonds is 8. The molecule has 2 atom stereocenters. The molecule has 0 bridgehead atoms. The van der Waals surface area contributed by atoms with Gasteiger partial charge in [0.05, 0.1) is 11.5 Å². The van der Waals surface area contributed by atoms with Crippen molar-refractivity contribution in [3.63, 3.8) is 0 Å². The number of phenolic OH excluding ortho intramolecular Hbond substituents is 2. The molecule has 0 unspecified atom stereocenters. The van der Waals surface area contributed by atoms with Crippen molar-refractivity contribution in [2.24, 2.45) is 0 Å². The quantitative estimate of drug-likeness (QED) is 0.104. The van der Waals surface area contributed by atoms with Gasteiger partial charge in [-0.15, -0.1) is 0 Å². The highest BCUT2D eigenvalue weighted by atomic mass is 16.5. The van der Waals surface area contributed by atoms with Crippen LogP contribution in [-0.2, 0) is 20.8 Å². The van der Waals surface area contributed by atoms with Crippen molar-refractivity contribution in [1.29, 1.82) is 0 Å². The maximum atomic E-state index is 13.4. The first kappa shape index (κ1) is 30.6. The third kappa shape index (κ3) is 6.61. The van der Waals surface area contributed by atoms with Gasteiger partial charge in [-0.3, -0.25) is 24.1 Å². The monoisotopic (exact) mass is 597 g/mol. The molecule has 0 aromatic heterocycles. The van der Waals surface area contributed by atoms with Crippen LogP contribution in [0, 0.1) is 0 Å². The van der Waals surface area contributed by atoms with Crippen LogP contribution in [0.3, 0.4) is 0 Å². The van der Waals surface area contributed by atoms with Crippen LogP contribution < -0.4 is 20.6 Å². The second kappa shape index (κ2) is 12.7. The molecule has 4 rings (SSSR count). The van der Waals surface area contributed by atoms with Gasteiger partial charge >= 0.3 is 30.9 Å². The second-order valence-corrected chi connectivity index (χ2v) is 9.68. The van der Waals surface area contributed by atoms with E-state index in [9.17, 15) is 49.1 Å². The number of nitrogens with zero attached hydrogens (tertiary/aromatic N) is 2. The van der Waals surface area contributed by atoms with E-state index in [1.807, 2.05) is 0 Å². The molecule has 0 saturated carbocycles. The van der Waals surface area contributed by atoms with E-state index < -0.39 is 72.8 Å². The van der Waals surface area contributed by atoms with Crippen LogP contribution in [0.2, 0.25) is 0 Å². The summed E-state index contributed by atoms with van der Waals surface area (Å²) in [6.45, 7) is 1.32. The van der Waals surface area contributed by atoms with Crippen molar-refractivity contribution in [2.75, 3.05) is 26.2 Å². The topological polar surface area (TPSA) is 235 Å². The average molecular weight is 597 g/mol. The Morgan fingerprint density at radius 3 is 2.49 bits per heavy atom. The van der Waals surface area contributed by atoms with Crippen LogP contribution >= 0.6 is 0 Å². The summed E-state index contributed by atoms with van der Waals surface area (Å²) in [6, 6.07) is 4.95. The Morgan fingerprint density at radius 1 is 1.07 bits per heavy atom. The van der Waals surface area contributed by atoms with Crippen molar-refractivity contribution in [3.8, 4) is 17.2 Å². The van der Waals surface area contributed by atoms with Gasteiger partial charge < -0.3 is 45.8 Å². The zero-order valence-electron chi connectivity index (χ0n) is 22.8. The summed E-state index contributed by atoms with van der Waals surface area (Å²) < 4.78 is 5.38. The van der Waals surface area contributed by atoms with E-state index in [4.69, 9.17) is 4.65 Å². The number of piperazine rings is 1. The Kier molecular flexibility index (Phi) is 9.04. The maximum Gasteiger partial charge on any atom is 0.547 e. The summed E-state index contributed by atoms with van der Waals surface area (Å²) in [7, 11) is -1.68. The molecular formula is C26H28BN5O11. The summed E-state index contributed by atoms with van der Waals surface area (Å²) in [6.07, 6.45) is -0.0465. The Balaban J connectivity index is 1.51. The number of aromatic carboxylic acids is 1. The average Bonchev–Trinajstić information content (AvgIpc) is 2.97. The number of fused-ring (bicyclic) bond motifs is 1. The normalized spacial score (nSPS) is 17.0. The van der Waals surface area contributed by atoms with E-state index >= 15 is 0 Å². The van der Waals surface area contributed by atoms with Crippen LogP contribution in [-0.4, -0.2) is 111 Å². The molecule has 16 nitrogen and oxygen atoms in total. The Hall–Kier alpha value is -5.32. The number of hydrogen-bond donors (Lipinski definition) is 7. The fourth-order valence-electron chi connectivity index (χ4n) is 4.57. The number of carbonyl (C=O) groups excluding carboxylic acids is 5. The van der Waals surface area contributed by atoms with E-state index in [-0.39, 0.29) is 42.9 Å². The molecule has 2 aromatic carbocycles. The molecule has 0 radical (unpaired) electrons. The fourth-order valence-corrected chi connectivity index (χ4v) is 4.57. The molecular weight excluding hydrogens is 569 g/mol. The van der Waals surface area contributed by atoms with E-state index in [0.717, 1.165) is 12.1 Å². The van der Waals surface area contributed by atoms with E-state index in [1.54, 1.807) is 13.0 Å². The highest BCUT2D eigenvalue weighted by molar-refractivity contribution is 6.47. The van der Waals surface area contributed by atoms with Crippen LogP contribution in [0.25, 0.3) is 0 Å². The number of aromatic hydroxyl groups is 2. The second-order valence-electron chi connectivity index (χ2n) is 9.68. The summed E-state index contributed by atoms with van der Waals surface area (Å²) in [5.41, 5.74) is 0.116. The molecule has 2 aliphatic heterocycles. The molecule has 43 heavy (non-hydrogen) atoms. The molecule has 7 N–H and O–H groups in total. The van der Waals surface area contributed by atoms with Gasteiger partial charge in [0, 0.05) is 31.7 Å². The zero-order chi connectivity index (χ0) is 31.4. The van der Waals surface area contributed by atoms with Crippen LogP contribution in [0.1, 0.15) is 33.2 Å². The Morgan fingerprint density at radius 2 is 1.81 bits per heavy atom. The maximum absolute atomic E-state index is 13.4. The summed E-state index contributed by atoms with van der Waals surface area (Å²) in [5.74, 6) is -7.18. The number of urea groups is 1. The van der Waals surface area contributed by atoms with Crippen molar-refractivity contribution < 1.29 is 53.8 Å². The van der Waals surface area contributed by atoms with Crippen molar-refractivity contribution >= 4 is 42.7 Å². The van der Waals surface area contributed by atoms with Crippen molar-refractivity contribution in [3.05, 3.63) is 53.1 Å². The zero-order valence-corrected chi connectivity index (χ0v) is 22.8. The van der Waals surface area contributed by atoms with Gasteiger partial charge in [-0.25, -0.2) is 9.59 Å². The van der Waals surface area contributed by atoms with Gasteiger partial charge in [0.1, 0.15) is 11.8 Å². The molecule has 2 aliphatic rings. The number of likely N-dealkylation sites (N-methyl/N-ethyl adjacent to an activating group) is 1. The van der Waals surface area contributed by atoms with Crippen LogP contribution in [0.15, 0.2) is 36.4 Å². The molecule has 2 aromatic rings. The first-order chi connectivity index (χ1) is 20.4. The summed E-state index contributed by atoms with van der Waals surface area (Å²) >= 11 is 0. The number of carboxylic acids is 1. The number of imide groups is 1. The number of phenols is 2. The van der Waals surface area contributed by atoms with Gasteiger partial charge in [0.15, 0.2) is 11.5 Å². The van der Waals surface area contributed by atoms with Gasteiger partial charge in [-0.05, 0) is 43.2 Å². The number of amides is 6. The molecule has 6 amide bonds. The standard InChI is InChI=1S/C26H28BN5O11/c1-2-31-8-9-32(24(38)23(31)37)26(41)29-16(12-28-21(35)14-6-7-17(33)18(34)10-14)22(36)30-19-11-13-4-3-5-15(25(39)40)20(13)43-27(19)42/h3-7,10,16,19,33-34,42H,2,8-9,11-12H2,1H3,(H,28,35)(H,29,41)(H,30,36)(H,39,40)/t16-,19+/m1/s1. The number of hydrogen-bond acceptors (Lipinski definition) is 10. The largest absolute Gasteiger partial charge is 0.547 e. The minimum absolute atomic E-state index is 0.0465. The summed E-state index contributed by atoms with van der Waals surface area (Å²) in [4.78, 5) is 77.3. The molecule has 1 saturated heterocycles. The third-order valence-corrected chi connectivity index (χ3v) is 6.93. The minimum atomic E-state index is -1.68. The lowest BCUT2D eigenvalue weighted by Gasteiger charge is -2.33. The van der Waals surface area contributed by atoms with Gasteiger partial charge in [0.2, 0.25) is 5.91 Å². The number of para-hydroxylation sites is 1. The van der Waals surface area contributed by atoms with Crippen LogP contribution in [0.4, 0.5) is 4.79 Å². The Labute approximate surface area is 244 Å². The molecule has 0 aliphatic carbocycles. The van der Waals surface area contributed by atoms with E-state index in [2.05, 4.69) is 16.0 Å². The van der Waals surface area contributed by atoms with Crippen LogP contribution in [0.5, 0.6) is 17.2 Å². The number of carbonyl (C=O) groups is 6. The first-order valence-corrected chi connectivity index (χ1v) is 13.1. The Bertz CT molecular complexity index is 1490. The molecule has 0 spiro atoms. The highest BCUT2D eigenvalue weighted by Crippen LogP contribution is 2.30. The predicted molar refractivity (Wildman–Crippen MR) is 146 cm³/mol. The third-order valence-electron chi connectivity index (χ3n) is 6.93.